The molecule has 1 heterocycles. The van der Waals surface area contributed by atoms with Crippen LogP contribution >= 0.6 is 23.5 Å². The lowest BCUT2D eigenvalue weighted by Gasteiger charge is -2.28. The lowest BCUT2D eigenvalue weighted by molar-refractivity contribution is -0.129. The summed E-state index contributed by atoms with van der Waals surface area (Å²) in [6.07, 6.45) is 5.75. The second-order valence-corrected chi connectivity index (χ2v) is 12.6. The summed E-state index contributed by atoms with van der Waals surface area (Å²) in [5.41, 5.74) is 0.196. The Balaban J connectivity index is 1.61. The van der Waals surface area contributed by atoms with E-state index in [4.69, 9.17) is 4.74 Å². The monoisotopic (exact) mass is 537 g/mol. The molecule has 0 aromatic heterocycles. The van der Waals surface area contributed by atoms with Crippen LogP contribution in [0.15, 0.2) is 24.3 Å². The standard InChI is InChI=1S/C26H39N3O5S2/c1-26(2,3)34-25(33)29-13-14-36-24(29)23(32)28-21(17-35-16-19-7-5-4-6-8-19)22(31)27-15-18-9-11-20(30)12-10-18/h9-12,19,21,24,30H,4-8,13-17H2,1-3H3,(H,27,31)(H,28,32)/t21-,24?/m0/s1. The molecule has 1 aliphatic heterocycles. The van der Waals surface area contributed by atoms with Gasteiger partial charge in [-0.2, -0.15) is 11.8 Å². The van der Waals surface area contributed by atoms with E-state index in [0.717, 1.165) is 11.3 Å². The Labute approximate surface area is 222 Å². The summed E-state index contributed by atoms with van der Waals surface area (Å²) in [5, 5.41) is 14.6. The lowest BCUT2D eigenvalue weighted by Crippen LogP contribution is -2.53. The molecule has 1 saturated heterocycles. The number of phenols is 1. The van der Waals surface area contributed by atoms with Crippen LogP contribution < -0.4 is 10.6 Å². The molecule has 3 amide bonds. The summed E-state index contributed by atoms with van der Waals surface area (Å²) in [6, 6.07) is 5.92. The van der Waals surface area contributed by atoms with Crippen LogP contribution in [0.3, 0.4) is 0 Å². The molecule has 1 saturated carbocycles. The summed E-state index contributed by atoms with van der Waals surface area (Å²) in [7, 11) is 0. The number of ether oxygens (including phenoxy) is 1. The molecule has 0 bridgehead atoms. The first-order chi connectivity index (χ1) is 17.1. The summed E-state index contributed by atoms with van der Waals surface area (Å²) in [5.74, 6) is 2.27. The SMILES string of the molecule is CC(C)(C)OC(=O)N1CCSC1C(=O)N[C@@H](CSCC1CCCCC1)C(=O)NCc1ccc(O)cc1. The van der Waals surface area contributed by atoms with Crippen molar-refractivity contribution in [3.63, 3.8) is 0 Å². The van der Waals surface area contributed by atoms with Crippen LogP contribution in [0.25, 0.3) is 0 Å². The minimum absolute atomic E-state index is 0.165. The van der Waals surface area contributed by atoms with Crippen molar-refractivity contribution in [1.29, 1.82) is 0 Å². The van der Waals surface area contributed by atoms with Crippen molar-refractivity contribution in [3.8, 4) is 5.75 Å². The van der Waals surface area contributed by atoms with Gasteiger partial charge >= 0.3 is 6.09 Å². The molecular weight excluding hydrogens is 498 g/mol. The topological polar surface area (TPSA) is 108 Å². The fourth-order valence-electron chi connectivity index (χ4n) is 4.25. The predicted molar refractivity (Wildman–Crippen MR) is 145 cm³/mol. The molecule has 1 unspecified atom stereocenters. The van der Waals surface area contributed by atoms with Gasteiger partial charge in [0.05, 0.1) is 0 Å². The fourth-order valence-corrected chi connectivity index (χ4v) is 6.64. The summed E-state index contributed by atoms with van der Waals surface area (Å²) < 4.78 is 5.47. The van der Waals surface area contributed by atoms with Crippen LogP contribution in [0.4, 0.5) is 4.79 Å². The van der Waals surface area contributed by atoms with Gasteiger partial charge in [-0.1, -0.05) is 31.4 Å². The summed E-state index contributed by atoms with van der Waals surface area (Å²) >= 11 is 3.07. The molecule has 2 aliphatic rings. The van der Waals surface area contributed by atoms with Crippen molar-refractivity contribution in [3.05, 3.63) is 29.8 Å². The first-order valence-corrected chi connectivity index (χ1v) is 14.9. The van der Waals surface area contributed by atoms with E-state index in [0.29, 0.717) is 30.5 Å². The van der Waals surface area contributed by atoms with Gasteiger partial charge in [0.1, 0.15) is 17.4 Å². The number of hydrogen-bond acceptors (Lipinski definition) is 7. The molecule has 0 spiro atoms. The number of thioether (sulfide) groups is 2. The van der Waals surface area contributed by atoms with E-state index in [1.807, 2.05) is 0 Å². The van der Waals surface area contributed by atoms with Gasteiger partial charge in [0, 0.05) is 24.6 Å². The first-order valence-electron chi connectivity index (χ1n) is 12.7. The van der Waals surface area contributed by atoms with Crippen molar-refractivity contribution < 1.29 is 24.2 Å². The van der Waals surface area contributed by atoms with Crippen LogP contribution in [0, 0.1) is 5.92 Å². The number of rotatable bonds is 9. The number of carbonyl (C=O) groups is 3. The van der Waals surface area contributed by atoms with Gasteiger partial charge in [0.15, 0.2) is 5.37 Å². The molecule has 36 heavy (non-hydrogen) atoms. The smallest absolute Gasteiger partial charge is 0.411 e. The van der Waals surface area contributed by atoms with Crippen molar-refractivity contribution in [1.82, 2.24) is 15.5 Å². The molecule has 0 radical (unpaired) electrons. The van der Waals surface area contributed by atoms with Crippen LogP contribution in [0.1, 0.15) is 58.4 Å². The Morgan fingerprint density at radius 2 is 1.86 bits per heavy atom. The number of nitrogens with zero attached hydrogens (tertiary/aromatic N) is 1. The van der Waals surface area contributed by atoms with Crippen LogP contribution in [-0.2, 0) is 20.9 Å². The van der Waals surface area contributed by atoms with Crippen molar-refractivity contribution in [2.45, 2.75) is 76.4 Å². The maximum absolute atomic E-state index is 13.2. The highest BCUT2D eigenvalue weighted by Gasteiger charge is 2.38. The van der Waals surface area contributed by atoms with Crippen molar-refractivity contribution >= 4 is 41.4 Å². The van der Waals surface area contributed by atoms with Gasteiger partial charge < -0.3 is 20.5 Å². The molecular formula is C26H39N3O5S2. The van der Waals surface area contributed by atoms with Gasteiger partial charge in [0.25, 0.3) is 5.91 Å². The Kier molecular flexibility index (Phi) is 10.7. The van der Waals surface area contributed by atoms with Gasteiger partial charge in [-0.3, -0.25) is 14.5 Å². The Hall–Kier alpha value is -2.07. The number of aromatic hydroxyl groups is 1. The van der Waals surface area contributed by atoms with Crippen molar-refractivity contribution in [2.24, 2.45) is 5.92 Å². The molecule has 2 atom stereocenters. The molecule has 3 rings (SSSR count). The van der Waals surface area contributed by atoms with Crippen LogP contribution in [0.5, 0.6) is 5.75 Å². The maximum atomic E-state index is 13.2. The van der Waals surface area contributed by atoms with Gasteiger partial charge in [0.2, 0.25) is 5.91 Å². The van der Waals surface area contributed by atoms with Crippen molar-refractivity contribution in [2.75, 3.05) is 23.8 Å². The fraction of sp³-hybridized carbons (Fsp3) is 0.654. The number of benzene rings is 1. The van der Waals surface area contributed by atoms with E-state index in [1.165, 1.54) is 48.8 Å². The van der Waals surface area contributed by atoms with E-state index in [9.17, 15) is 19.5 Å². The third-order valence-corrected chi connectivity index (χ3v) is 8.62. The second kappa shape index (κ2) is 13.5. The third-order valence-electron chi connectivity index (χ3n) is 6.14. The largest absolute Gasteiger partial charge is 0.508 e. The average molecular weight is 538 g/mol. The Morgan fingerprint density at radius 1 is 1.17 bits per heavy atom. The van der Waals surface area contributed by atoms with Gasteiger partial charge in [-0.25, -0.2) is 4.79 Å². The zero-order chi connectivity index (χ0) is 26.1. The normalized spacial score (nSPS) is 19.5. The lowest BCUT2D eigenvalue weighted by atomic mass is 9.91. The molecule has 1 aliphatic carbocycles. The highest BCUT2D eigenvalue weighted by atomic mass is 32.2. The van der Waals surface area contributed by atoms with E-state index < -0.39 is 23.1 Å². The van der Waals surface area contributed by atoms with Crippen LogP contribution in [0.2, 0.25) is 0 Å². The zero-order valence-electron chi connectivity index (χ0n) is 21.5. The highest BCUT2D eigenvalue weighted by molar-refractivity contribution is 8.00. The summed E-state index contributed by atoms with van der Waals surface area (Å²) in [4.78, 5) is 40.4. The molecule has 1 aromatic carbocycles. The maximum Gasteiger partial charge on any atom is 0.411 e. The number of phenolic OH excluding ortho intramolecular Hbond substituents is 1. The minimum atomic E-state index is -0.726. The zero-order valence-corrected chi connectivity index (χ0v) is 23.1. The minimum Gasteiger partial charge on any atom is -0.508 e. The van der Waals surface area contributed by atoms with Gasteiger partial charge in [-0.05, 0) is 63.0 Å². The number of nitrogens with one attached hydrogen (secondary N) is 2. The summed E-state index contributed by atoms with van der Waals surface area (Å²) in [6.45, 7) is 6.09. The van der Waals surface area contributed by atoms with Crippen LogP contribution in [-0.4, -0.2) is 68.7 Å². The molecule has 200 valence electrons. The average Bonchev–Trinajstić information content (AvgIpc) is 3.33. The predicted octanol–water partition coefficient (Wildman–Crippen LogP) is 4.12. The number of carbonyl (C=O) groups excluding carboxylic acids is 3. The third kappa shape index (κ3) is 9.10. The second-order valence-electron chi connectivity index (χ2n) is 10.4. The number of hydrogen-bond donors (Lipinski definition) is 3. The molecule has 8 nitrogen and oxygen atoms in total. The highest BCUT2D eigenvalue weighted by Crippen LogP contribution is 2.28. The molecule has 2 fully saturated rings. The molecule has 10 heteroatoms. The van der Waals surface area contributed by atoms with Gasteiger partial charge in [-0.15, -0.1) is 11.8 Å². The molecule has 3 N–H and O–H groups in total. The van der Waals surface area contributed by atoms with E-state index in [1.54, 1.807) is 56.8 Å². The van der Waals surface area contributed by atoms with E-state index in [2.05, 4.69) is 10.6 Å². The quantitative estimate of drug-likeness (QED) is 0.435. The Bertz CT molecular complexity index is 885. The van der Waals surface area contributed by atoms with E-state index in [-0.39, 0.29) is 17.6 Å². The Morgan fingerprint density at radius 3 is 2.53 bits per heavy atom. The number of amides is 3. The van der Waals surface area contributed by atoms with E-state index >= 15 is 0 Å². The first kappa shape index (κ1) is 28.5. The molecule has 1 aromatic rings.